The van der Waals surface area contributed by atoms with Gasteiger partial charge in [-0.2, -0.15) is 0 Å². The van der Waals surface area contributed by atoms with Crippen LogP contribution in [-0.4, -0.2) is 90.0 Å². The standard InChI is InChI=1S/C24H29N7O6S/c1-3-37-22(34)18-16(27-24(35)28-19(18)14-5-4-6-15(32)11-14)12-30-7-9-31(10-8-30)21(33)20(29-36-2)17-13-38-23(25)26-17/h4-6,11,13,19,32H,3,7-10,12H2,1-2H3,(H2,25,26)(H2,27,28,35)/b29-20+. The average molecular weight is 544 g/mol. The number of hydrogen-bond donors (Lipinski definition) is 4. The first kappa shape index (κ1) is 26.9. The van der Waals surface area contributed by atoms with Crippen LogP contribution in [0.1, 0.15) is 24.2 Å². The summed E-state index contributed by atoms with van der Waals surface area (Å²) in [5.74, 6) is -0.889. The Morgan fingerprint density at radius 3 is 2.68 bits per heavy atom. The van der Waals surface area contributed by atoms with Crippen molar-refractivity contribution in [2.24, 2.45) is 5.16 Å². The molecule has 1 atom stereocenters. The maximum absolute atomic E-state index is 13.1. The second-order valence-corrected chi connectivity index (χ2v) is 9.39. The molecule has 5 N–H and O–H groups in total. The maximum Gasteiger partial charge on any atom is 0.338 e. The third kappa shape index (κ3) is 6.03. The smallest absolute Gasteiger partial charge is 0.338 e. The van der Waals surface area contributed by atoms with Gasteiger partial charge in [0.05, 0.1) is 18.2 Å². The van der Waals surface area contributed by atoms with Crippen molar-refractivity contribution in [3.8, 4) is 5.75 Å². The van der Waals surface area contributed by atoms with Crippen LogP contribution in [0.15, 0.2) is 46.1 Å². The number of aromatic nitrogens is 1. The van der Waals surface area contributed by atoms with Gasteiger partial charge < -0.3 is 35.9 Å². The largest absolute Gasteiger partial charge is 0.508 e. The lowest BCUT2D eigenvalue weighted by atomic mass is 9.94. The molecule has 38 heavy (non-hydrogen) atoms. The van der Waals surface area contributed by atoms with E-state index in [0.717, 1.165) is 0 Å². The van der Waals surface area contributed by atoms with Crippen molar-refractivity contribution < 1.29 is 29.1 Å². The highest BCUT2D eigenvalue weighted by molar-refractivity contribution is 7.13. The number of anilines is 1. The van der Waals surface area contributed by atoms with Gasteiger partial charge in [0.25, 0.3) is 5.91 Å². The molecule has 2 aliphatic rings. The van der Waals surface area contributed by atoms with Gasteiger partial charge in [-0.05, 0) is 24.6 Å². The lowest BCUT2D eigenvalue weighted by molar-refractivity contribution is -0.139. The molecule has 0 bridgehead atoms. The van der Waals surface area contributed by atoms with Crippen LogP contribution in [0.4, 0.5) is 9.93 Å². The number of phenols is 1. The van der Waals surface area contributed by atoms with Gasteiger partial charge in [-0.1, -0.05) is 17.3 Å². The predicted molar refractivity (Wildman–Crippen MR) is 139 cm³/mol. The number of aromatic hydroxyl groups is 1. The van der Waals surface area contributed by atoms with Crippen molar-refractivity contribution >= 4 is 40.1 Å². The third-order valence-electron chi connectivity index (χ3n) is 6.04. The molecule has 13 nitrogen and oxygen atoms in total. The lowest BCUT2D eigenvalue weighted by Gasteiger charge is -2.37. The predicted octanol–water partition coefficient (Wildman–Crippen LogP) is 0.797. The molecule has 202 valence electrons. The molecular formula is C24H29N7O6S. The van der Waals surface area contributed by atoms with Crippen LogP contribution < -0.4 is 16.4 Å². The Morgan fingerprint density at radius 1 is 1.29 bits per heavy atom. The first-order chi connectivity index (χ1) is 18.3. The van der Waals surface area contributed by atoms with Gasteiger partial charge >= 0.3 is 12.0 Å². The van der Waals surface area contributed by atoms with Crippen LogP contribution >= 0.6 is 11.3 Å². The van der Waals surface area contributed by atoms with Gasteiger partial charge in [0.2, 0.25) is 0 Å². The zero-order valence-corrected chi connectivity index (χ0v) is 21.8. The SMILES string of the molecule is CCOC(=O)C1=C(CN2CCN(C(=O)/C(=N/OC)c3csc(N)n3)CC2)NC(=O)NC1c1cccc(O)c1. The summed E-state index contributed by atoms with van der Waals surface area (Å²) < 4.78 is 5.30. The summed E-state index contributed by atoms with van der Waals surface area (Å²) >= 11 is 1.20. The second-order valence-electron chi connectivity index (χ2n) is 8.50. The fraction of sp³-hybridized carbons (Fsp3) is 0.375. The minimum absolute atomic E-state index is 0.0116. The van der Waals surface area contributed by atoms with Gasteiger partial charge in [0.15, 0.2) is 10.8 Å². The monoisotopic (exact) mass is 543 g/mol. The number of urea groups is 1. The molecule has 4 rings (SSSR count). The number of benzene rings is 1. The fourth-order valence-electron chi connectivity index (χ4n) is 4.31. The zero-order valence-electron chi connectivity index (χ0n) is 21.0. The second kappa shape index (κ2) is 11.9. The number of nitrogens with zero attached hydrogens (tertiary/aromatic N) is 4. The van der Waals surface area contributed by atoms with E-state index < -0.39 is 18.0 Å². The van der Waals surface area contributed by atoms with Crippen LogP contribution in [0, 0.1) is 0 Å². The highest BCUT2D eigenvalue weighted by Crippen LogP contribution is 2.30. The van der Waals surface area contributed by atoms with Crippen LogP contribution in [0.3, 0.4) is 0 Å². The molecule has 14 heteroatoms. The first-order valence-corrected chi connectivity index (χ1v) is 12.8. The minimum Gasteiger partial charge on any atom is -0.508 e. The maximum atomic E-state index is 13.1. The van der Waals surface area contributed by atoms with Crippen molar-refractivity contribution in [1.82, 2.24) is 25.4 Å². The fourth-order valence-corrected chi connectivity index (χ4v) is 4.86. The Balaban J connectivity index is 1.52. The number of esters is 1. The molecule has 2 aliphatic heterocycles. The highest BCUT2D eigenvalue weighted by atomic mass is 32.1. The number of thiazole rings is 1. The van der Waals surface area contributed by atoms with Crippen LogP contribution in [-0.2, 0) is 19.2 Å². The third-order valence-corrected chi connectivity index (χ3v) is 6.72. The van der Waals surface area contributed by atoms with E-state index in [0.29, 0.717) is 48.3 Å². The summed E-state index contributed by atoms with van der Waals surface area (Å²) in [7, 11) is 1.35. The number of carbonyl (C=O) groups is 3. The quantitative estimate of drug-likeness (QED) is 0.213. The molecule has 1 aromatic carbocycles. The summed E-state index contributed by atoms with van der Waals surface area (Å²) in [6.07, 6.45) is 0. The van der Waals surface area contributed by atoms with Gasteiger partial charge in [0.1, 0.15) is 18.6 Å². The van der Waals surface area contributed by atoms with E-state index in [1.807, 2.05) is 4.90 Å². The normalized spacial score (nSPS) is 18.6. The van der Waals surface area contributed by atoms with Crippen molar-refractivity contribution in [3.05, 3.63) is 52.2 Å². The van der Waals surface area contributed by atoms with Crippen molar-refractivity contribution in [1.29, 1.82) is 0 Å². The first-order valence-electron chi connectivity index (χ1n) is 11.9. The molecular weight excluding hydrogens is 514 g/mol. The molecule has 1 saturated heterocycles. The Kier molecular flexibility index (Phi) is 8.43. The number of amides is 3. The van der Waals surface area contributed by atoms with Gasteiger partial charge in [-0.3, -0.25) is 9.69 Å². The lowest BCUT2D eigenvalue weighted by Crippen LogP contribution is -2.53. The summed E-state index contributed by atoms with van der Waals surface area (Å²) in [5, 5.41) is 21.3. The topological polar surface area (TPSA) is 172 Å². The Bertz CT molecular complexity index is 1270. The highest BCUT2D eigenvalue weighted by Gasteiger charge is 2.35. The summed E-state index contributed by atoms with van der Waals surface area (Å²) in [4.78, 5) is 51.3. The number of hydrogen-bond acceptors (Lipinski definition) is 11. The van der Waals surface area contributed by atoms with Crippen molar-refractivity contribution in [3.63, 3.8) is 0 Å². The molecule has 0 saturated carbocycles. The van der Waals surface area contributed by atoms with Crippen molar-refractivity contribution in [2.75, 3.05) is 52.2 Å². The van der Waals surface area contributed by atoms with E-state index in [1.165, 1.54) is 30.6 Å². The number of rotatable bonds is 8. The van der Waals surface area contributed by atoms with Gasteiger partial charge in [0, 0.05) is 43.8 Å². The number of phenolic OH excluding ortho intramolecular Hbond substituents is 1. The summed E-state index contributed by atoms with van der Waals surface area (Å²) in [6.45, 7) is 3.83. The zero-order chi connectivity index (χ0) is 27.2. The Morgan fingerprint density at radius 2 is 2.05 bits per heavy atom. The molecule has 3 amide bonds. The van der Waals surface area contributed by atoms with E-state index in [-0.39, 0.29) is 36.1 Å². The molecule has 1 fully saturated rings. The summed E-state index contributed by atoms with van der Waals surface area (Å²) in [5.41, 5.74) is 7.33. The number of nitrogens with two attached hydrogens (primary N) is 1. The van der Waals surface area contributed by atoms with Crippen molar-refractivity contribution in [2.45, 2.75) is 13.0 Å². The molecule has 0 spiro atoms. The number of ether oxygens (including phenoxy) is 1. The van der Waals surface area contributed by atoms with E-state index >= 15 is 0 Å². The molecule has 3 heterocycles. The van der Waals surface area contributed by atoms with E-state index in [2.05, 4.69) is 20.8 Å². The Hall–Kier alpha value is -4.17. The number of carbonyl (C=O) groups excluding carboxylic acids is 3. The average Bonchev–Trinajstić information content (AvgIpc) is 3.33. The molecule has 0 radical (unpaired) electrons. The number of piperazine rings is 1. The van der Waals surface area contributed by atoms with Crippen LogP contribution in [0.25, 0.3) is 0 Å². The van der Waals surface area contributed by atoms with Gasteiger partial charge in [-0.25, -0.2) is 14.6 Å². The number of nitrogens with one attached hydrogen (secondary N) is 2. The molecule has 2 aromatic rings. The Labute approximate surface area is 222 Å². The van der Waals surface area contributed by atoms with Gasteiger partial charge in [-0.15, -0.1) is 11.3 Å². The molecule has 0 aliphatic carbocycles. The van der Waals surface area contributed by atoms with Crippen LogP contribution in [0.5, 0.6) is 5.75 Å². The van der Waals surface area contributed by atoms with Crippen LogP contribution in [0.2, 0.25) is 0 Å². The number of nitrogen functional groups attached to an aromatic ring is 1. The molecule has 1 unspecified atom stereocenters. The van der Waals surface area contributed by atoms with E-state index in [1.54, 1.807) is 29.3 Å². The van der Waals surface area contributed by atoms with E-state index in [9.17, 15) is 19.5 Å². The number of oxime groups is 1. The minimum atomic E-state index is -0.800. The summed E-state index contributed by atoms with van der Waals surface area (Å²) in [6, 6.07) is 5.08. The van der Waals surface area contributed by atoms with E-state index in [4.69, 9.17) is 15.3 Å². The molecule has 1 aromatic heterocycles.